The second-order valence-electron chi connectivity index (χ2n) is 7.15. The van der Waals surface area contributed by atoms with Crippen LogP contribution in [-0.2, 0) is 10.2 Å². The predicted octanol–water partition coefficient (Wildman–Crippen LogP) is 5.51. The quantitative estimate of drug-likeness (QED) is 0.637. The maximum absolute atomic E-state index is 11.5. The highest BCUT2D eigenvalue weighted by atomic mass is 35.5. The first kappa shape index (κ1) is 19.6. The van der Waals surface area contributed by atoms with Gasteiger partial charge in [0.1, 0.15) is 5.17 Å². The fourth-order valence-corrected chi connectivity index (χ4v) is 4.21. The SMILES string of the molecule is C=C1/C=C\C(Cl)=N/S/C(c2ccc(-c3ccc(C4(C(=O)O)CC4)cc3)cc2)=C\1N. The van der Waals surface area contributed by atoms with Gasteiger partial charge in [-0.1, -0.05) is 72.8 Å². The number of carboxylic acids is 1. The summed E-state index contributed by atoms with van der Waals surface area (Å²) < 4.78 is 4.24. The van der Waals surface area contributed by atoms with Crippen LogP contribution in [0.5, 0.6) is 0 Å². The molecule has 1 heterocycles. The average Bonchev–Trinajstić information content (AvgIpc) is 3.54. The summed E-state index contributed by atoms with van der Waals surface area (Å²) in [5.41, 5.74) is 10.7. The molecule has 0 atom stereocenters. The van der Waals surface area contributed by atoms with Gasteiger partial charge in [0.15, 0.2) is 0 Å². The second kappa shape index (κ2) is 7.58. The summed E-state index contributed by atoms with van der Waals surface area (Å²) in [7, 11) is 0. The van der Waals surface area contributed by atoms with Gasteiger partial charge in [-0.2, -0.15) is 4.40 Å². The molecule has 2 aromatic carbocycles. The van der Waals surface area contributed by atoms with Crippen LogP contribution in [0.3, 0.4) is 0 Å². The van der Waals surface area contributed by atoms with Crippen molar-refractivity contribution in [1.29, 1.82) is 0 Å². The highest BCUT2D eigenvalue weighted by Gasteiger charge is 2.51. The summed E-state index contributed by atoms with van der Waals surface area (Å²) in [6, 6.07) is 15.8. The number of aliphatic carboxylic acids is 1. The van der Waals surface area contributed by atoms with Crippen LogP contribution in [0.2, 0.25) is 0 Å². The van der Waals surface area contributed by atoms with Gasteiger partial charge in [0.25, 0.3) is 0 Å². The average molecular weight is 423 g/mol. The molecule has 1 aliphatic heterocycles. The van der Waals surface area contributed by atoms with Crippen LogP contribution in [0, 0.1) is 0 Å². The van der Waals surface area contributed by atoms with Gasteiger partial charge in [0.05, 0.1) is 16.0 Å². The highest BCUT2D eigenvalue weighted by molar-refractivity contribution is 8.07. The Morgan fingerprint density at radius 3 is 2.14 bits per heavy atom. The van der Waals surface area contributed by atoms with E-state index in [-0.39, 0.29) is 0 Å². The van der Waals surface area contributed by atoms with Gasteiger partial charge in [-0.25, -0.2) is 0 Å². The Bertz CT molecular complexity index is 1080. The summed E-state index contributed by atoms with van der Waals surface area (Å²) >= 11 is 7.26. The summed E-state index contributed by atoms with van der Waals surface area (Å²) in [5.74, 6) is -0.739. The minimum absolute atomic E-state index is 0.382. The van der Waals surface area contributed by atoms with Crippen molar-refractivity contribution in [3.8, 4) is 11.1 Å². The standard InChI is InChI=1S/C23H19ClN2O2S/c1-14-2-11-19(24)26-29-21(20(14)25)17-5-3-15(4-6-17)16-7-9-18(10-8-16)23(12-13-23)22(27)28/h2-11H,1,12-13,25H2,(H,27,28)/b11-2-,21-20+,26-19+. The van der Waals surface area contributed by atoms with E-state index in [1.54, 1.807) is 12.2 Å². The number of allylic oxidation sites excluding steroid dienone is 2. The maximum atomic E-state index is 11.5. The van der Waals surface area contributed by atoms with E-state index in [1.165, 1.54) is 11.9 Å². The molecule has 1 aliphatic carbocycles. The number of hydrogen-bond acceptors (Lipinski definition) is 4. The molecule has 0 amide bonds. The molecular weight excluding hydrogens is 404 g/mol. The number of benzene rings is 2. The van der Waals surface area contributed by atoms with Crippen molar-refractivity contribution in [2.75, 3.05) is 0 Å². The van der Waals surface area contributed by atoms with Gasteiger partial charge in [-0.05, 0) is 46.7 Å². The third kappa shape index (κ3) is 3.76. The number of nitrogens with zero attached hydrogens (tertiary/aromatic N) is 1. The number of carbonyl (C=O) groups is 1. The number of nitrogens with two attached hydrogens (primary N) is 1. The number of carboxylic acid groups (broad SMARTS) is 1. The van der Waals surface area contributed by atoms with E-state index < -0.39 is 11.4 Å². The van der Waals surface area contributed by atoms with Gasteiger partial charge in [-0.15, -0.1) is 0 Å². The molecule has 1 saturated carbocycles. The molecule has 146 valence electrons. The van der Waals surface area contributed by atoms with Crippen LogP contribution in [0.15, 0.2) is 82.9 Å². The van der Waals surface area contributed by atoms with Crippen LogP contribution < -0.4 is 5.73 Å². The van der Waals surface area contributed by atoms with Crippen molar-refractivity contribution >= 4 is 39.6 Å². The Morgan fingerprint density at radius 1 is 1.03 bits per heavy atom. The molecule has 0 unspecified atom stereocenters. The second-order valence-corrected chi connectivity index (χ2v) is 8.31. The zero-order valence-corrected chi connectivity index (χ0v) is 17.1. The zero-order valence-electron chi connectivity index (χ0n) is 15.6. The zero-order chi connectivity index (χ0) is 20.6. The molecule has 2 aromatic rings. The first-order valence-electron chi connectivity index (χ1n) is 9.13. The summed E-state index contributed by atoms with van der Waals surface area (Å²) in [4.78, 5) is 12.3. The van der Waals surface area contributed by atoms with E-state index in [2.05, 4.69) is 11.0 Å². The number of hydrogen-bond donors (Lipinski definition) is 2. The molecule has 0 spiro atoms. The molecule has 1 fully saturated rings. The fourth-order valence-electron chi connectivity index (χ4n) is 3.33. The number of rotatable bonds is 4. The molecule has 2 aliphatic rings. The normalized spacial score (nSPS) is 23.5. The molecular formula is C23H19ClN2O2S. The molecule has 0 saturated heterocycles. The minimum Gasteiger partial charge on any atom is -0.481 e. The molecule has 4 rings (SSSR count). The summed E-state index contributed by atoms with van der Waals surface area (Å²) in [6.07, 6.45) is 4.83. The van der Waals surface area contributed by atoms with Crippen LogP contribution in [0.1, 0.15) is 24.0 Å². The van der Waals surface area contributed by atoms with Gasteiger partial charge in [0.2, 0.25) is 0 Å². The third-order valence-corrected chi connectivity index (χ3v) is 6.55. The fraction of sp³-hybridized carbons (Fsp3) is 0.130. The van der Waals surface area contributed by atoms with Crippen molar-refractivity contribution < 1.29 is 9.90 Å². The monoisotopic (exact) mass is 422 g/mol. The van der Waals surface area contributed by atoms with Crippen LogP contribution in [0.25, 0.3) is 16.0 Å². The molecule has 0 bridgehead atoms. The van der Waals surface area contributed by atoms with Crippen LogP contribution in [0.4, 0.5) is 0 Å². The first-order chi connectivity index (χ1) is 13.9. The Morgan fingerprint density at radius 2 is 1.59 bits per heavy atom. The molecule has 0 radical (unpaired) electrons. The lowest BCUT2D eigenvalue weighted by Crippen LogP contribution is -2.19. The molecule has 0 aromatic heterocycles. The van der Waals surface area contributed by atoms with Gasteiger partial charge >= 0.3 is 5.97 Å². The minimum atomic E-state index is -0.739. The first-order valence-corrected chi connectivity index (χ1v) is 10.3. The number of halogens is 1. The van der Waals surface area contributed by atoms with Crippen molar-refractivity contribution in [1.82, 2.24) is 0 Å². The van der Waals surface area contributed by atoms with E-state index >= 15 is 0 Å². The van der Waals surface area contributed by atoms with Crippen molar-refractivity contribution in [3.63, 3.8) is 0 Å². The molecule has 3 N–H and O–H groups in total. The Hall–Kier alpha value is -2.76. The Balaban J connectivity index is 1.60. The van der Waals surface area contributed by atoms with Gasteiger partial charge in [0, 0.05) is 11.9 Å². The Kier molecular flexibility index (Phi) is 5.11. The Labute approximate surface area is 178 Å². The molecule has 6 heteroatoms. The van der Waals surface area contributed by atoms with E-state index in [9.17, 15) is 9.90 Å². The summed E-state index contributed by atoms with van der Waals surface area (Å²) in [5, 5.41) is 9.83. The third-order valence-electron chi connectivity index (χ3n) is 5.31. The van der Waals surface area contributed by atoms with Crippen molar-refractivity contribution in [2.24, 2.45) is 10.1 Å². The summed E-state index contributed by atoms with van der Waals surface area (Å²) in [6.45, 7) is 3.98. The smallest absolute Gasteiger partial charge is 0.314 e. The van der Waals surface area contributed by atoms with Gasteiger partial charge in [-0.3, -0.25) is 4.79 Å². The largest absolute Gasteiger partial charge is 0.481 e. The lowest BCUT2D eigenvalue weighted by atomic mass is 9.93. The van der Waals surface area contributed by atoms with Crippen LogP contribution >= 0.6 is 23.5 Å². The van der Waals surface area contributed by atoms with Gasteiger partial charge < -0.3 is 10.8 Å². The van der Waals surface area contributed by atoms with E-state index in [4.69, 9.17) is 17.3 Å². The van der Waals surface area contributed by atoms with Crippen molar-refractivity contribution in [2.45, 2.75) is 18.3 Å². The van der Waals surface area contributed by atoms with E-state index in [0.29, 0.717) is 29.3 Å². The lowest BCUT2D eigenvalue weighted by Gasteiger charge is -2.13. The molecule has 29 heavy (non-hydrogen) atoms. The highest BCUT2D eigenvalue weighted by Crippen LogP contribution is 2.48. The predicted molar refractivity (Wildman–Crippen MR) is 121 cm³/mol. The molecule has 4 nitrogen and oxygen atoms in total. The van der Waals surface area contributed by atoms with E-state index in [0.717, 1.165) is 27.2 Å². The van der Waals surface area contributed by atoms with E-state index in [1.807, 2.05) is 48.5 Å². The van der Waals surface area contributed by atoms with Crippen molar-refractivity contribution in [3.05, 3.63) is 89.7 Å². The maximum Gasteiger partial charge on any atom is 0.314 e. The van der Waals surface area contributed by atoms with Crippen LogP contribution in [-0.4, -0.2) is 16.2 Å². The lowest BCUT2D eigenvalue weighted by molar-refractivity contribution is -0.140. The topological polar surface area (TPSA) is 75.7 Å².